The Balaban J connectivity index is 2.01. The van der Waals surface area contributed by atoms with Crippen molar-refractivity contribution in [3.63, 3.8) is 0 Å². The number of fused-ring (bicyclic) bond motifs is 1. The van der Waals surface area contributed by atoms with Crippen molar-refractivity contribution in [3.8, 4) is 0 Å². The third kappa shape index (κ3) is 7.10. The monoisotopic (exact) mass is 516 g/mol. The second-order valence-electron chi connectivity index (χ2n) is 9.42. The van der Waals surface area contributed by atoms with E-state index in [2.05, 4.69) is 12.2 Å². The molecule has 188 valence electrons. The second-order valence-corrected chi connectivity index (χ2v) is 10.7. The molecule has 2 aromatic rings. The Bertz CT molecular complexity index is 1190. The predicted octanol–water partition coefficient (Wildman–Crippen LogP) is 5.22. The van der Waals surface area contributed by atoms with Crippen molar-refractivity contribution in [2.45, 2.75) is 65.5 Å². The summed E-state index contributed by atoms with van der Waals surface area (Å²) in [6.45, 7) is 7.57. The summed E-state index contributed by atoms with van der Waals surface area (Å²) in [6, 6.07) is 8.96. The number of ether oxygens (including phenoxy) is 1. The summed E-state index contributed by atoms with van der Waals surface area (Å²) in [5.41, 5.74) is 2.74. The number of allylic oxidation sites excluding steroid dienone is 2. The van der Waals surface area contributed by atoms with Gasteiger partial charge in [-0.1, -0.05) is 42.3 Å². The molecule has 6 nitrogen and oxygen atoms in total. The first kappa shape index (κ1) is 27.3. The fraction of sp³-hybridized carbons (Fsp3) is 0.407. The summed E-state index contributed by atoms with van der Waals surface area (Å²) in [6.07, 6.45) is 6.16. The Hall–Kier alpha value is -2.32. The average molecular weight is 517 g/mol. The molecule has 3 rings (SSSR count). The van der Waals surface area contributed by atoms with Gasteiger partial charge in [0.1, 0.15) is 18.4 Å². The summed E-state index contributed by atoms with van der Waals surface area (Å²) >= 11 is 7.60. The number of esters is 1. The minimum absolute atomic E-state index is 0.177. The molecule has 1 unspecified atom stereocenters. The second kappa shape index (κ2) is 11.6. The van der Waals surface area contributed by atoms with Crippen molar-refractivity contribution in [2.75, 3.05) is 6.26 Å². The van der Waals surface area contributed by atoms with Gasteiger partial charge in [-0.05, 0) is 68.8 Å². The van der Waals surface area contributed by atoms with Crippen LogP contribution in [0.15, 0.2) is 51.7 Å². The van der Waals surface area contributed by atoms with Crippen molar-refractivity contribution >= 4 is 35.4 Å². The van der Waals surface area contributed by atoms with E-state index in [1.165, 1.54) is 10.1 Å². The van der Waals surface area contributed by atoms with E-state index in [-0.39, 0.29) is 12.1 Å². The first-order valence-corrected chi connectivity index (χ1v) is 13.2. The SMILES string of the molecule is CCC1=C(SC)C=Cc2cc(C(O)NCc3ccc(Cl)cc3)c(=O)n(CC(=O)OC(C)(C)C)c2C1. The van der Waals surface area contributed by atoms with Crippen LogP contribution in [-0.4, -0.2) is 27.5 Å². The van der Waals surface area contributed by atoms with Gasteiger partial charge in [-0.2, -0.15) is 0 Å². The summed E-state index contributed by atoms with van der Waals surface area (Å²) < 4.78 is 6.96. The van der Waals surface area contributed by atoms with Crippen LogP contribution in [0.4, 0.5) is 0 Å². The van der Waals surface area contributed by atoms with Crippen LogP contribution in [0.25, 0.3) is 6.08 Å². The fourth-order valence-electron chi connectivity index (χ4n) is 3.97. The van der Waals surface area contributed by atoms with E-state index in [0.717, 1.165) is 28.1 Å². The number of rotatable bonds is 8. The molecule has 0 saturated heterocycles. The van der Waals surface area contributed by atoms with E-state index in [4.69, 9.17) is 16.3 Å². The smallest absolute Gasteiger partial charge is 0.326 e. The van der Waals surface area contributed by atoms with E-state index >= 15 is 0 Å². The first-order chi connectivity index (χ1) is 16.5. The predicted molar refractivity (Wildman–Crippen MR) is 143 cm³/mol. The fourth-order valence-corrected chi connectivity index (χ4v) is 4.80. The van der Waals surface area contributed by atoms with E-state index in [1.807, 2.05) is 30.5 Å². The molecular formula is C27H33ClN2O4S. The normalized spacial score (nSPS) is 14.5. The third-order valence-corrected chi connectivity index (χ3v) is 6.78. The number of aliphatic hydroxyl groups excluding tert-OH is 1. The van der Waals surface area contributed by atoms with E-state index in [0.29, 0.717) is 18.0 Å². The van der Waals surface area contributed by atoms with Crippen LogP contribution in [0.2, 0.25) is 5.02 Å². The van der Waals surface area contributed by atoms with Gasteiger partial charge in [0.15, 0.2) is 0 Å². The molecule has 35 heavy (non-hydrogen) atoms. The van der Waals surface area contributed by atoms with Crippen molar-refractivity contribution < 1.29 is 14.6 Å². The van der Waals surface area contributed by atoms with Gasteiger partial charge in [0, 0.05) is 28.6 Å². The number of hydrogen-bond acceptors (Lipinski definition) is 6. The average Bonchev–Trinajstić information content (AvgIpc) is 2.97. The molecule has 0 saturated carbocycles. The minimum atomic E-state index is -1.22. The maximum Gasteiger partial charge on any atom is 0.326 e. The molecule has 1 heterocycles. The number of carbonyl (C=O) groups excluding carboxylic acids is 1. The minimum Gasteiger partial charge on any atom is -0.459 e. The molecule has 1 aliphatic rings. The molecule has 1 aromatic heterocycles. The van der Waals surface area contributed by atoms with Gasteiger partial charge in [-0.15, -0.1) is 11.8 Å². The maximum absolute atomic E-state index is 13.6. The Labute approximate surface area is 216 Å². The van der Waals surface area contributed by atoms with Gasteiger partial charge in [0.05, 0.1) is 5.56 Å². The summed E-state index contributed by atoms with van der Waals surface area (Å²) in [7, 11) is 0. The Morgan fingerprint density at radius 2 is 1.94 bits per heavy atom. The van der Waals surface area contributed by atoms with E-state index in [1.54, 1.807) is 50.7 Å². The molecule has 1 atom stereocenters. The number of benzene rings is 1. The number of nitrogens with one attached hydrogen (secondary N) is 1. The molecule has 0 radical (unpaired) electrons. The van der Waals surface area contributed by atoms with Crippen molar-refractivity contribution in [3.05, 3.63) is 84.6 Å². The maximum atomic E-state index is 13.6. The molecule has 1 aromatic carbocycles. The van der Waals surface area contributed by atoms with Crippen molar-refractivity contribution in [2.24, 2.45) is 0 Å². The van der Waals surface area contributed by atoms with Crippen LogP contribution in [0.1, 0.15) is 62.7 Å². The summed E-state index contributed by atoms with van der Waals surface area (Å²) in [4.78, 5) is 27.5. The van der Waals surface area contributed by atoms with Crippen molar-refractivity contribution in [1.29, 1.82) is 0 Å². The van der Waals surface area contributed by atoms with Gasteiger partial charge < -0.3 is 14.4 Å². The van der Waals surface area contributed by atoms with Crippen LogP contribution in [0.5, 0.6) is 0 Å². The summed E-state index contributed by atoms with van der Waals surface area (Å²) in [5, 5.41) is 14.6. The topological polar surface area (TPSA) is 80.6 Å². The molecular weight excluding hydrogens is 484 g/mol. The number of hydrogen-bond donors (Lipinski definition) is 2. The molecule has 0 aliphatic heterocycles. The zero-order chi connectivity index (χ0) is 25.8. The number of aliphatic hydroxyl groups is 1. The molecule has 1 aliphatic carbocycles. The number of halogens is 1. The van der Waals surface area contributed by atoms with E-state index < -0.39 is 23.4 Å². The third-order valence-electron chi connectivity index (χ3n) is 5.67. The number of carbonyl (C=O) groups is 1. The van der Waals surface area contributed by atoms with Crippen LogP contribution in [0, 0.1) is 0 Å². The number of thioether (sulfide) groups is 1. The largest absolute Gasteiger partial charge is 0.459 e. The highest BCUT2D eigenvalue weighted by Gasteiger charge is 2.24. The van der Waals surface area contributed by atoms with Crippen LogP contribution in [-0.2, 0) is 29.0 Å². The Morgan fingerprint density at radius 1 is 1.26 bits per heavy atom. The molecule has 0 bridgehead atoms. The standard InChI is InChI=1S/C27H33ClN2O4S/c1-6-18-14-22-19(9-12-23(18)35-5)13-21(25(32)29-15-17-7-10-20(28)11-8-17)26(33)30(22)16-24(31)34-27(2,3)4/h7-13,25,29,32H,6,14-16H2,1-5H3. The highest BCUT2D eigenvalue weighted by Crippen LogP contribution is 2.30. The van der Waals surface area contributed by atoms with Gasteiger partial charge in [-0.25, -0.2) is 0 Å². The molecule has 0 spiro atoms. The lowest BCUT2D eigenvalue weighted by atomic mass is 10.0. The number of nitrogens with zero attached hydrogens (tertiary/aromatic N) is 1. The number of pyridine rings is 1. The first-order valence-electron chi connectivity index (χ1n) is 11.6. The van der Waals surface area contributed by atoms with Crippen molar-refractivity contribution in [1.82, 2.24) is 9.88 Å². The molecule has 8 heteroatoms. The lowest BCUT2D eigenvalue weighted by Crippen LogP contribution is -2.36. The molecule has 2 N–H and O–H groups in total. The zero-order valence-electron chi connectivity index (χ0n) is 20.9. The van der Waals surface area contributed by atoms with Gasteiger partial charge in [0.2, 0.25) is 0 Å². The van der Waals surface area contributed by atoms with Crippen LogP contribution in [0.3, 0.4) is 0 Å². The lowest BCUT2D eigenvalue weighted by molar-refractivity contribution is -0.155. The van der Waals surface area contributed by atoms with Gasteiger partial charge in [-0.3, -0.25) is 14.9 Å². The number of aromatic nitrogens is 1. The Kier molecular flexibility index (Phi) is 9.05. The van der Waals surface area contributed by atoms with Crippen LogP contribution >= 0.6 is 23.4 Å². The van der Waals surface area contributed by atoms with E-state index in [9.17, 15) is 14.7 Å². The molecule has 0 fully saturated rings. The lowest BCUT2D eigenvalue weighted by Gasteiger charge is -2.23. The highest BCUT2D eigenvalue weighted by molar-refractivity contribution is 8.02. The Morgan fingerprint density at radius 3 is 2.54 bits per heavy atom. The summed E-state index contributed by atoms with van der Waals surface area (Å²) in [5.74, 6) is -0.497. The van der Waals surface area contributed by atoms with Gasteiger partial charge >= 0.3 is 5.97 Å². The quantitative estimate of drug-likeness (QED) is 0.370. The van der Waals surface area contributed by atoms with Crippen LogP contribution < -0.4 is 10.9 Å². The molecule has 0 amide bonds. The highest BCUT2D eigenvalue weighted by atomic mass is 35.5. The zero-order valence-corrected chi connectivity index (χ0v) is 22.4. The van der Waals surface area contributed by atoms with Gasteiger partial charge in [0.25, 0.3) is 5.56 Å².